The molecule has 0 amide bonds. The summed E-state index contributed by atoms with van der Waals surface area (Å²) in [7, 11) is -4.29. The lowest BCUT2D eigenvalue weighted by Crippen LogP contribution is -2.28. The molecule has 0 rings (SSSR count). The molecular weight excluding hydrogens is 685 g/mol. The Labute approximate surface area is 325 Å². The van der Waals surface area contributed by atoms with Crippen LogP contribution >= 0.6 is 7.82 Å². The Morgan fingerprint density at radius 1 is 0.585 bits per heavy atom. The number of phosphoric ester groups is 1. The van der Waals surface area contributed by atoms with Gasteiger partial charge in [-0.3, -0.25) is 13.8 Å². The van der Waals surface area contributed by atoms with E-state index >= 15 is 0 Å². The molecule has 0 radical (unpaired) electrons. The van der Waals surface area contributed by atoms with Gasteiger partial charge in [-0.25, -0.2) is 4.57 Å². The van der Waals surface area contributed by atoms with Crippen molar-refractivity contribution in [1.29, 1.82) is 0 Å². The predicted molar refractivity (Wildman–Crippen MR) is 224 cm³/mol. The van der Waals surface area contributed by atoms with Crippen LogP contribution in [0.15, 0.2) is 72.9 Å². The molecule has 2 unspecified atom stereocenters. The van der Waals surface area contributed by atoms with Crippen LogP contribution in [0.3, 0.4) is 0 Å². The van der Waals surface area contributed by atoms with Crippen LogP contribution in [0, 0.1) is 0 Å². The van der Waals surface area contributed by atoms with E-state index in [9.17, 15) is 14.3 Å². The predicted octanol–water partition coefficient (Wildman–Crippen LogP) is 12.4. The fraction of sp³-hybridized carbons (Fsp3) is 0.705. The minimum absolute atomic E-state index is 0.0878. The van der Waals surface area contributed by atoms with Crippen molar-refractivity contribution in [2.45, 2.75) is 168 Å². The zero-order valence-corrected chi connectivity index (χ0v) is 34.6. The Morgan fingerprint density at radius 2 is 1.06 bits per heavy atom. The van der Waals surface area contributed by atoms with Gasteiger partial charge in [-0.05, 0) is 83.5 Å². The van der Waals surface area contributed by atoms with Gasteiger partial charge in [-0.2, -0.15) is 0 Å². The molecule has 9 heteroatoms. The Morgan fingerprint density at radius 3 is 1.58 bits per heavy atom. The number of nitrogens with two attached hydrogens (primary N) is 1. The van der Waals surface area contributed by atoms with Gasteiger partial charge >= 0.3 is 13.8 Å². The molecule has 53 heavy (non-hydrogen) atoms. The van der Waals surface area contributed by atoms with Gasteiger partial charge in [0.1, 0.15) is 6.10 Å². The normalized spacial score (nSPS) is 14.3. The van der Waals surface area contributed by atoms with E-state index in [1.165, 1.54) is 57.8 Å². The summed E-state index contributed by atoms with van der Waals surface area (Å²) in [5, 5.41) is 0. The van der Waals surface area contributed by atoms with Crippen LogP contribution in [-0.2, 0) is 27.9 Å². The molecule has 0 aliphatic carbocycles. The highest BCUT2D eigenvalue weighted by molar-refractivity contribution is 7.47. The molecule has 0 spiro atoms. The molecule has 0 aliphatic heterocycles. The number of unbranched alkanes of at least 4 members (excludes halogenated alkanes) is 14. The SMILES string of the molecule is CC/C=C\C/C=C\C/C=C\C/C=C\CCCCCOCC(COP(=O)(O)OCCN)OC(=O)CCCCCCCCC/C=C\C/C=C\CCCCCC. The average Bonchev–Trinajstić information content (AvgIpc) is 3.15. The van der Waals surface area contributed by atoms with Crippen LogP contribution in [0.4, 0.5) is 0 Å². The highest BCUT2D eigenvalue weighted by Crippen LogP contribution is 2.43. The zero-order chi connectivity index (χ0) is 38.8. The lowest BCUT2D eigenvalue weighted by molar-refractivity contribution is -0.154. The molecule has 0 bridgehead atoms. The Balaban J connectivity index is 4.14. The maximum atomic E-state index is 12.6. The van der Waals surface area contributed by atoms with Crippen molar-refractivity contribution >= 4 is 13.8 Å². The van der Waals surface area contributed by atoms with Crippen molar-refractivity contribution in [1.82, 2.24) is 0 Å². The van der Waals surface area contributed by atoms with Crippen LogP contribution in [0.1, 0.15) is 162 Å². The number of esters is 1. The first-order chi connectivity index (χ1) is 25.9. The summed E-state index contributed by atoms with van der Waals surface area (Å²) in [5.41, 5.74) is 5.36. The van der Waals surface area contributed by atoms with Gasteiger partial charge < -0.3 is 20.1 Å². The van der Waals surface area contributed by atoms with Gasteiger partial charge in [-0.15, -0.1) is 0 Å². The lowest BCUT2D eigenvalue weighted by atomic mass is 10.1. The number of carbonyl (C=O) groups is 1. The molecule has 0 saturated carbocycles. The van der Waals surface area contributed by atoms with E-state index in [1.807, 2.05) is 0 Å². The molecule has 0 aliphatic rings. The van der Waals surface area contributed by atoms with Crippen molar-refractivity contribution in [3.8, 4) is 0 Å². The van der Waals surface area contributed by atoms with Gasteiger partial charge in [0.05, 0.1) is 19.8 Å². The third-order valence-electron chi connectivity index (χ3n) is 8.36. The molecule has 0 aromatic heterocycles. The van der Waals surface area contributed by atoms with Crippen LogP contribution in [-0.4, -0.2) is 49.9 Å². The molecule has 0 fully saturated rings. The average molecular weight is 764 g/mol. The number of rotatable bonds is 39. The van der Waals surface area contributed by atoms with Crippen molar-refractivity contribution < 1.29 is 32.8 Å². The lowest BCUT2D eigenvalue weighted by Gasteiger charge is -2.20. The number of ether oxygens (including phenoxy) is 2. The Kier molecular flexibility index (Phi) is 39.5. The molecule has 0 heterocycles. The third-order valence-corrected chi connectivity index (χ3v) is 9.34. The first-order valence-corrected chi connectivity index (χ1v) is 22.4. The van der Waals surface area contributed by atoms with Crippen LogP contribution in [0.25, 0.3) is 0 Å². The van der Waals surface area contributed by atoms with E-state index in [2.05, 4.69) is 86.8 Å². The van der Waals surface area contributed by atoms with Crippen molar-refractivity contribution in [3.63, 3.8) is 0 Å². The number of allylic oxidation sites excluding steroid dienone is 12. The van der Waals surface area contributed by atoms with Crippen LogP contribution < -0.4 is 5.73 Å². The number of hydrogen-bond acceptors (Lipinski definition) is 7. The standard InChI is InChI=1S/C44H78NO7P/c1-3-5-7-9-11-13-15-17-19-21-22-23-25-27-29-31-33-35-37-44(46)52-43(42-51-53(47,48)50-40-38-45)41-49-39-36-34-32-30-28-26-24-20-18-16-14-12-10-8-6-4-2/h6,8,12-15,18-21,26,28,43H,3-5,7,9-11,16-17,22-25,27,29-42,45H2,1-2H3,(H,47,48)/b8-6-,14-12-,15-13-,20-18-,21-19-,28-26-. The largest absolute Gasteiger partial charge is 0.472 e. The number of carbonyl (C=O) groups excluding carboxylic acids is 1. The van der Waals surface area contributed by atoms with Crippen LogP contribution in [0.2, 0.25) is 0 Å². The summed E-state index contributed by atoms with van der Waals surface area (Å²) < 4.78 is 33.4. The summed E-state index contributed by atoms with van der Waals surface area (Å²) in [6.45, 7) is 4.68. The zero-order valence-electron chi connectivity index (χ0n) is 33.7. The third kappa shape index (κ3) is 41.0. The Bertz CT molecular complexity index is 1040. The van der Waals surface area contributed by atoms with E-state index in [0.717, 1.165) is 83.5 Å². The highest BCUT2D eigenvalue weighted by Gasteiger charge is 2.25. The van der Waals surface area contributed by atoms with Gasteiger partial charge in [0.2, 0.25) is 0 Å². The van der Waals surface area contributed by atoms with E-state index in [-0.39, 0.29) is 32.3 Å². The second-order valence-electron chi connectivity index (χ2n) is 13.5. The summed E-state index contributed by atoms with van der Waals surface area (Å²) >= 11 is 0. The van der Waals surface area contributed by atoms with E-state index in [1.54, 1.807) is 0 Å². The molecule has 306 valence electrons. The minimum atomic E-state index is -4.29. The maximum Gasteiger partial charge on any atom is 0.472 e. The molecule has 8 nitrogen and oxygen atoms in total. The summed E-state index contributed by atoms with van der Waals surface area (Å²) in [5.74, 6) is -0.353. The van der Waals surface area contributed by atoms with E-state index in [0.29, 0.717) is 13.0 Å². The summed E-state index contributed by atoms with van der Waals surface area (Å²) in [6.07, 6.45) is 50.6. The molecule has 0 saturated heterocycles. The quantitative estimate of drug-likeness (QED) is 0.0275. The first kappa shape index (κ1) is 50.9. The van der Waals surface area contributed by atoms with Crippen molar-refractivity contribution in [2.75, 3.05) is 33.0 Å². The topological polar surface area (TPSA) is 117 Å². The fourth-order valence-electron chi connectivity index (χ4n) is 5.31. The van der Waals surface area contributed by atoms with Gasteiger partial charge in [0, 0.05) is 19.6 Å². The van der Waals surface area contributed by atoms with Crippen LogP contribution in [0.5, 0.6) is 0 Å². The molecule has 0 aromatic rings. The molecule has 0 aromatic carbocycles. The monoisotopic (exact) mass is 764 g/mol. The second-order valence-corrected chi connectivity index (χ2v) is 14.9. The van der Waals surface area contributed by atoms with E-state index in [4.69, 9.17) is 24.3 Å². The summed E-state index contributed by atoms with van der Waals surface area (Å²) in [4.78, 5) is 22.5. The van der Waals surface area contributed by atoms with Gasteiger partial charge in [-0.1, -0.05) is 145 Å². The van der Waals surface area contributed by atoms with Crippen molar-refractivity contribution in [2.24, 2.45) is 5.73 Å². The first-order valence-electron chi connectivity index (χ1n) is 20.9. The molecule has 2 atom stereocenters. The smallest absolute Gasteiger partial charge is 0.457 e. The van der Waals surface area contributed by atoms with Crippen molar-refractivity contribution in [3.05, 3.63) is 72.9 Å². The van der Waals surface area contributed by atoms with E-state index < -0.39 is 13.9 Å². The maximum absolute atomic E-state index is 12.6. The van der Waals surface area contributed by atoms with Gasteiger partial charge in [0.15, 0.2) is 0 Å². The summed E-state index contributed by atoms with van der Waals surface area (Å²) in [6, 6.07) is 0. The highest BCUT2D eigenvalue weighted by atomic mass is 31.2. The minimum Gasteiger partial charge on any atom is -0.457 e. The molecule has 3 N–H and O–H groups in total. The fourth-order valence-corrected chi connectivity index (χ4v) is 6.08. The Hall–Kier alpha value is -2.06. The second kappa shape index (κ2) is 41.1. The number of phosphoric acid groups is 1. The number of hydrogen-bond donors (Lipinski definition) is 2. The molecular formula is C44H78NO7P. The van der Waals surface area contributed by atoms with Gasteiger partial charge in [0.25, 0.3) is 0 Å².